The molecule has 176 valence electrons. The number of nitrogens with zero attached hydrogens (tertiary/aromatic N) is 2. The summed E-state index contributed by atoms with van der Waals surface area (Å²) in [4.78, 5) is 30.9. The number of aromatic nitrogens is 1. The summed E-state index contributed by atoms with van der Waals surface area (Å²) < 4.78 is 51.2. The lowest BCUT2D eigenvalue weighted by molar-refractivity contribution is -0.136. The Kier molecular flexibility index (Phi) is 4.82. The summed E-state index contributed by atoms with van der Waals surface area (Å²) in [6.07, 6.45) is -4.96. The SMILES string of the molecule is O=C(c1cc2c(ccc3ccccc32)oc1=O)N1CC(Oc2nc3c(C(F)(F)F)cccc3s2)C1. The lowest BCUT2D eigenvalue weighted by Crippen LogP contribution is -2.56. The number of fused-ring (bicyclic) bond motifs is 4. The lowest BCUT2D eigenvalue weighted by Gasteiger charge is -2.38. The van der Waals surface area contributed by atoms with Gasteiger partial charge in [0.2, 0.25) is 0 Å². The van der Waals surface area contributed by atoms with E-state index in [1.807, 2.05) is 30.3 Å². The number of rotatable bonds is 3. The molecule has 0 saturated carbocycles. The third-order valence-corrected chi connectivity index (χ3v) is 6.89. The van der Waals surface area contributed by atoms with Crippen LogP contribution in [0.2, 0.25) is 0 Å². The first-order valence-corrected chi connectivity index (χ1v) is 11.5. The number of amides is 1. The predicted molar refractivity (Wildman–Crippen MR) is 125 cm³/mol. The van der Waals surface area contributed by atoms with Gasteiger partial charge in [-0.1, -0.05) is 47.7 Å². The Balaban J connectivity index is 1.21. The van der Waals surface area contributed by atoms with Crippen LogP contribution in [0, 0.1) is 0 Å². The van der Waals surface area contributed by atoms with Crippen LogP contribution in [-0.4, -0.2) is 35.0 Å². The molecule has 6 rings (SSSR count). The molecule has 5 aromatic rings. The molecule has 0 N–H and O–H groups in total. The lowest BCUT2D eigenvalue weighted by atomic mass is 10.0. The van der Waals surface area contributed by atoms with E-state index < -0.39 is 29.4 Å². The number of likely N-dealkylation sites (tertiary alicyclic amines) is 1. The van der Waals surface area contributed by atoms with Gasteiger partial charge in [0.15, 0.2) is 0 Å². The van der Waals surface area contributed by atoms with Crippen molar-refractivity contribution in [1.29, 1.82) is 0 Å². The van der Waals surface area contributed by atoms with Gasteiger partial charge in [0.1, 0.15) is 17.3 Å². The van der Waals surface area contributed by atoms with E-state index >= 15 is 0 Å². The molecule has 1 amide bonds. The summed E-state index contributed by atoms with van der Waals surface area (Å²) in [5, 5.41) is 2.58. The zero-order valence-electron chi connectivity index (χ0n) is 17.8. The molecule has 0 bridgehead atoms. The average Bonchev–Trinajstić information content (AvgIpc) is 3.22. The summed E-state index contributed by atoms with van der Waals surface area (Å²) >= 11 is 1.01. The maximum absolute atomic E-state index is 13.2. The summed E-state index contributed by atoms with van der Waals surface area (Å²) in [7, 11) is 0. The highest BCUT2D eigenvalue weighted by Gasteiger charge is 2.36. The summed E-state index contributed by atoms with van der Waals surface area (Å²) in [5.41, 5.74) is -1.39. The van der Waals surface area contributed by atoms with Gasteiger partial charge in [0.25, 0.3) is 11.1 Å². The molecular formula is C25H15F3N2O4S. The van der Waals surface area contributed by atoms with Gasteiger partial charge in [-0.15, -0.1) is 0 Å². The minimum absolute atomic E-state index is 0.0814. The Labute approximate surface area is 199 Å². The molecule has 0 aliphatic carbocycles. The van der Waals surface area contributed by atoms with E-state index in [1.54, 1.807) is 18.2 Å². The molecule has 2 aromatic heterocycles. The van der Waals surface area contributed by atoms with Crippen molar-refractivity contribution in [2.24, 2.45) is 0 Å². The van der Waals surface area contributed by atoms with Crippen LogP contribution in [0.1, 0.15) is 15.9 Å². The van der Waals surface area contributed by atoms with Crippen molar-refractivity contribution in [1.82, 2.24) is 9.88 Å². The molecule has 35 heavy (non-hydrogen) atoms. The van der Waals surface area contributed by atoms with Crippen molar-refractivity contribution in [3.8, 4) is 5.19 Å². The second-order valence-electron chi connectivity index (χ2n) is 8.23. The standard InChI is InChI=1S/C25H15F3N2O4S/c26-25(27,28)18-6-3-7-20-21(18)29-24(35-20)33-14-11-30(12-14)22(31)17-10-16-15-5-2-1-4-13(15)8-9-19(16)34-23(17)32/h1-10,14H,11-12H2. The van der Waals surface area contributed by atoms with Crippen molar-refractivity contribution in [3.63, 3.8) is 0 Å². The normalized spacial score (nSPS) is 14.5. The van der Waals surface area contributed by atoms with Crippen LogP contribution in [0.4, 0.5) is 13.2 Å². The molecule has 0 radical (unpaired) electrons. The second-order valence-corrected chi connectivity index (χ2v) is 9.22. The first kappa shape index (κ1) is 21.6. The van der Waals surface area contributed by atoms with Gasteiger partial charge in [-0.2, -0.15) is 13.2 Å². The van der Waals surface area contributed by atoms with Gasteiger partial charge >= 0.3 is 11.8 Å². The number of alkyl halides is 3. The Morgan fingerprint density at radius 3 is 2.66 bits per heavy atom. The highest BCUT2D eigenvalue weighted by molar-refractivity contribution is 7.20. The monoisotopic (exact) mass is 496 g/mol. The quantitative estimate of drug-likeness (QED) is 0.244. The molecule has 1 fully saturated rings. The molecule has 0 atom stereocenters. The summed E-state index contributed by atoms with van der Waals surface area (Å²) in [5.74, 6) is -0.489. The maximum atomic E-state index is 13.2. The van der Waals surface area contributed by atoms with Gasteiger partial charge in [-0.3, -0.25) is 4.79 Å². The average molecular weight is 496 g/mol. The van der Waals surface area contributed by atoms with Crippen molar-refractivity contribution < 1.29 is 27.1 Å². The Morgan fingerprint density at radius 2 is 1.86 bits per heavy atom. The minimum Gasteiger partial charge on any atom is -0.463 e. The van der Waals surface area contributed by atoms with E-state index in [0.29, 0.717) is 15.7 Å². The van der Waals surface area contributed by atoms with Crippen molar-refractivity contribution in [2.45, 2.75) is 12.3 Å². The van der Waals surface area contributed by atoms with Crippen LogP contribution in [0.5, 0.6) is 5.19 Å². The molecule has 1 aliphatic heterocycles. The highest BCUT2D eigenvalue weighted by Crippen LogP contribution is 2.38. The molecule has 0 unspecified atom stereocenters. The number of hydrogen-bond acceptors (Lipinski definition) is 6. The van der Waals surface area contributed by atoms with Crippen LogP contribution < -0.4 is 10.4 Å². The van der Waals surface area contributed by atoms with Crippen molar-refractivity contribution >= 4 is 49.2 Å². The van der Waals surface area contributed by atoms with E-state index in [0.717, 1.165) is 28.2 Å². The number of carbonyl (C=O) groups excluding carboxylic acids is 1. The molecular weight excluding hydrogens is 481 g/mol. The fraction of sp³-hybridized carbons (Fsp3) is 0.160. The number of benzene rings is 3. The number of hydrogen-bond donors (Lipinski definition) is 0. The van der Waals surface area contributed by atoms with E-state index in [2.05, 4.69) is 4.98 Å². The maximum Gasteiger partial charge on any atom is 0.418 e. The fourth-order valence-corrected chi connectivity index (χ4v) is 5.13. The number of thiazole rings is 1. The number of ether oxygens (including phenoxy) is 1. The minimum atomic E-state index is -4.52. The number of carbonyl (C=O) groups is 1. The van der Waals surface area contributed by atoms with Crippen LogP contribution in [-0.2, 0) is 6.18 Å². The van der Waals surface area contributed by atoms with Gasteiger partial charge in [-0.05, 0) is 35.0 Å². The number of para-hydroxylation sites is 1. The zero-order chi connectivity index (χ0) is 24.3. The molecule has 1 aliphatic rings. The third-order valence-electron chi connectivity index (χ3n) is 5.98. The molecule has 3 heterocycles. The van der Waals surface area contributed by atoms with Crippen LogP contribution >= 0.6 is 11.3 Å². The molecule has 0 spiro atoms. The first-order chi connectivity index (χ1) is 16.8. The van der Waals surface area contributed by atoms with Crippen molar-refractivity contribution in [3.05, 3.63) is 82.2 Å². The molecule has 6 nitrogen and oxygen atoms in total. The van der Waals surface area contributed by atoms with E-state index in [-0.39, 0.29) is 29.4 Å². The van der Waals surface area contributed by atoms with E-state index in [1.165, 1.54) is 11.0 Å². The molecule has 3 aromatic carbocycles. The van der Waals surface area contributed by atoms with Crippen molar-refractivity contribution in [2.75, 3.05) is 13.1 Å². The number of halogens is 3. The summed E-state index contributed by atoms with van der Waals surface area (Å²) in [6.45, 7) is 0.349. The van der Waals surface area contributed by atoms with Gasteiger partial charge in [0.05, 0.1) is 28.9 Å². The van der Waals surface area contributed by atoms with Crippen LogP contribution in [0.15, 0.2) is 69.9 Å². The largest absolute Gasteiger partial charge is 0.463 e. The van der Waals surface area contributed by atoms with Gasteiger partial charge in [-0.25, -0.2) is 9.78 Å². The topological polar surface area (TPSA) is 72.6 Å². The molecule has 10 heteroatoms. The Bertz CT molecular complexity index is 1690. The Hall–Kier alpha value is -3.92. The van der Waals surface area contributed by atoms with Crippen LogP contribution in [0.3, 0.4) is 0 Å². The first-order valence-electron chi connectivity index (χ1n) is 10.7. The molecule has 1 saturated heterocycles. The fourth-order valence-electron chi connectivity index (χ4n) is 4.22. The predicted octanol–water partition coefficient (Wildman–Crippen LogP) is 5.48. The smallest absolute Gasteiger partial charge is 0.418 e. The zero-order valence-corrected chi connectivity index (χ0v) is 18.7. The second kappa shape index (κ2) is 7.81. The van der Waals surface area contributed by atoms with Crippen LogP contribution in [0.25, 0.3) is 32.0 Å². The van der Waals surface area contributed by atoms with Gasteiger partial charge < -0.3 is 14.1 Å². The Morgan fingerprint density at radius 1 is 1.06 bits per heavy atom. The summed E-state index contributed by atoms with van der Waals surface area (Å²) in [6, 6.07) is 16.5. The van der Waals surface area contributed by atoms with E-state index in [4.69, 9.17) is 9.15 Å². The highest BCUT2D eigenvalue weighted by atomic mass is 32.1. The van der Waals surface area contributed by atoms with Gasteiger partial charge in [0, 0.05) is 5.39 Å². The van der Waals surface area contributed by atoms with E-state index in [9.17, 15) is 22.8 Å². The third kappa shape index (κ3) is 3.70.